The summed E-state index contributed by atoms with van der Waals surface area (Å²) in [5.74, 6) is -0.602. The summed E-state index contributed by atoms with van der Waals surface area (Å²) in [7, 11) is -3.84. The van der Waals surface area contributed by atoms with Crippen LogP contribution >= 0.6 is 0 Å². The van der Waals surface area contributed by atoms with Crippen LogP contribution in [0.25, 0.3) is 10.9 Å². The topological polar surface area (TPSA) is 76.1 Å². The van der Waals surface area contributed by atoms with Gasteiger partial charge in [-0.3, -0.25) is 9.78 Å². The van der Waals surface area contributed by atoms with Gasteiger partial charge >= 0.3 is 0 Å². The zero-order valence-electron chi connectivity index (χ0n) is 13.9. The highest BCUT2D eigenvalue weighted by molar-refractivity contribution is 7.93. The normalized spacial score (nSPS) is 12.1. The van der Waals surface area contributed by atoms with Crippen molar-refractivity contribution in [3.05, 3.63) is 66.9 Å². The van der Waals surface area contributed by atoms with Gasteiger partial charge in [0.15, 0.2) is 9.84 Å². The van der Waals surface area contributed by atoms with E-state index in [1.807, 2.05) is 12.1 Å². The SMILES string of the molecule is CC(C)(C(=O)Nc1cccc2cccnc12)S(=O)(=O)c1ccccc1. The summed E-state index contributed by atoms with van der Waals surface area (Å²) in [5, 5.41) is 3.59. The number of carbonyl (C=O) groups excluding carboxylic acids is 1. The first-order valence-corrected chi connectivity index (χ1v) is 9.27. The molecule has 0 unspecified atom stereocenters. The predicted molar refractivity (Wildman–Crippen MR) is 98.1 cm³/mol. The molecule has 0 bridgehead atoms. The summed E-state index contributed by atoms with van der Waals surface area (Å²) < 4.78 is 24.1. The molecule has 0 saturated heterocycles. The van der Waals surface area contributed by atoms with Gasteiger partial charge in [-0.05, 0) is 38.1 Å². The van der Waals surface area contributed by atoms with Crippen molar-refractivity contribution in [1.29, 1.82) is 0 Å². The minimum atomic E-state index is -3.84. The lowest BCUT2D eigenvalue weighted by atomic mass is 10.1. The molecule has 1 heterocycles. The summed E-state index contributed by atoms with van der Waals surface area (Å²) in [6.07, 6.45) is 1.63. The van der Waals surface area contributed by atoms with Crippen molar-refractivity contribution < 1.29 is 13.2 Å². The van der Waals surface area contributed by atoms with E-state index < -0.39 is 20.5 Å². The van der Waals surface area contributed by atoms with Crippen LogP contribution in [0.1, 0.15) is 13.8 Å². The predicted octanol–water partition coefficient (Wildman–Crippen LogP) is 3.43. The first-order valence-electron chi connectivity index (χ1n) is 7.79. The van der Waals surface area contributed by atoms with Crippen LogP contribution in [0.15, 0.2) is 71.8 Å². The molecule has 0 aliphatic rings. The standard InChI is InChI=1S/C19H18N2O3S/c1-19(2,25(23,24)15-10-4-3-5-11-15)18(22)21-16-12-6-8-14-9-7-13-20-17(14)16/h3-13H,1-2H3,(H,21,22). The van der Waals surface area contributed by atoms with E-state index in [0.717, 1.165) is 5.39 Å². The number of benzene rings is 2. The second-order valence-corrected chi connectivity index (χ2v) is 8.66. The molecule has 6 heteroatoms. The molecule has 0 aliphatic heterocycles. The van der Waals surface area contributed by atoms with E-state index in [4.69, 9.17) is 0 Å². The van der Waals surface area contributed by atoms with Gasteiger partial charge in [-0.2, -0.15) is 0 Å². The molecule has 5 nitrogen and oxygen atoms in total. The van der Waals surface area contributed by atoms with E-state index in [1.165, 1.54) is 26.0 Å². The van der Waals surface area contributed by atoms with E-state index in [2.05, 4.69) is 10.3 Å². The Morgan fingerprint density at radius 3 is 2.36 bits per heavy atom. The molecule has 3 rings (SSSR count). The van der Waals surface area contributed by atoms with Gasteiger partial charge in [0.1, 0.15) is 4.75 Å². The molecule has 3 aromatic rings. The van der Waals surface area contributed by atoms with Gasteiger partial charge in [-0.25, -0.2) is 8.42 Å². The van der Waals surface area contributed by atoms with E-state index >= 15 is 0 Å². The van der Waals surface area contributed by atoms with E-state index in [-0.39, 0.29) is 4.90 Å². The molecule has 0 spiro atoms. The van der Waals surface area contributed by atoms with E-state index in [9.17, 15) is 13.2 Å². The third kappa shape index (κ3) is 3.00. The van der Waals surface area contributed by atoms with Crippen LogP contribution in [0.3, 0.4) is 0 Å². The molecular weight excluding hydrogens is 336 g/mol. The van der Waals surface area contributed by atoms with Crippen LogP contribution in [0, 0.1) is 0 Å². The molecule has 128 valence electrons. The molecule has 1 aromatic heterocycles. The van der Waals surface area contributed by atoms with Crippen LogP contribution in [-0.2, 0) is 14.6 Å². The second kappa shape index (κ2) is 6.29. The van der Waals surface area contributed by atoms with Gasteiger partial charge in [0.25, 0.3) is 0 Å². The van der Waals surface area contributed by atoms with Crippen LogP contribution < -0.4 is 5.32 Å². The third-order valence-electron chi connectivity index (χ3n) is 4.15. The quantitative estimate of drug-likeness (QED) is 0.779. The van der Waals surface area contributed by atoms with Crippen LogP contribution in [0.5, 0.6) is 0 Å². The molecule has 1 amide bonds. The number of sulfone groups is 1. The summed E-state index contributed by atoms with van der Waals surface area (Å²) in [4.78, 5) is 17.2. The number of carbonyl (C=O) groups is 1. The maximum absolute atomic E-state index is 12.9. The lowest BCUT2D eigenvalue weighted by Crippen LogP contribution is -2.44. The van der Waals surface area contributed by atoms with Crippen LogP contribution in [0.2, 0.25) is 0 Å². The average molecular weight is 354 g/mol. The number of nitrogens with zero attached hydrogens (tertiary/aromatic N) is 1. The number of anilines is 1. The molecule has 2 aromatic carbocycles. The van der Waals surface area contributed by atoms with Gasteiger partial charge < -0.3 is 5.32 Å². The van der Waals surface area contributed by atoms with Crippen molar-refractivity contribution in [2.24, 2.45) is 0 Å². The Balaban J connectivity index is 1.97. The largest absolute Gasteiger partial charge is 0.323 e. The Bertz CT molecular complexity index is 1020. The molecule has 25 heavy (non-hydrogen) atoms. The summed E-state index contributed by atoms with van der Waals surface area (Å²) >= 11 is 0. The van der Waals surface area contributed by atoms with Crippen molar-refractivity contribution in [1.82, 2.24) is 4.98 Å². The lowest BCUT2D eigenvalue weighted by Gasteiger charge is -2.24. The second-order valence-electron chi connectivity index (χ2n) is 6.16. The Kier molecular flexibility index (Phi) is 4.30. The van der Waals surface area contributed by atoms with E-state index in [0.29, 0.717) is 11.2 Å². The first-order chi connectivity index (χ1) is 11.8. The van der Waals surface area contributed by atoms with Crippen molar-refractivity contribution in [2.75, 3.05) is 5.32 Å². The summed E-state index contributed by atoms with van der Waals surface area (Å²) in [5.41, 5.74) is 1.10. The molecule has 0 atom stereocenters. The smallest absolute Gasteiger partial charge is 0.245 e. The lowest BCUT2D eigenvalue weighted by molar-refractivity contribution is -0.117. The Hall–Kier alpha value is -2.73. The fourth-order valence-electron chi connectivity index (χ4n) is 2.49. The molecule has 0 radical (unpaired) electrons. The number of para-hydroxylation sites is 1. The highest BCUT2D eigenvalue weighted by atomic mass is 32.2. The maximum Gasteiger partial charge on any atom is 0.245 e. The number of nitrogens with one attached hydrogen (secondary N) is 1. The first kappa shape index (κ1) is 17.1. The van der Waals surface area contributed by atoms with Crippen molar-refractivity contribution in [3.63, 3.8) is 0 Å². The van der Waals surface area contributed by atoms with Crippen molar-refractivity contribution in [3.8, 4) is 0 Å². The monoisotopic (exact) mass is 354 g/mol. The number of amides is 1. The van der Waals surface area contributed by atoms with E-state index in [1.54, 1.807) is 42.6 Å². The number of fused-ring (bicyclic) bond motifs is 1. The number of rotatable bonds is 4. The highest BCUT2D eigenvalue weighted by Crippen LogP contribution is 2.28. The summed E-state index contributed by atoms with van der Waals surface area (Å²) in [6.45, 7) is 2.81. The number of aromatic nitrogens is 1. The fourth-order valence-corrected chi connectivity index (χ4v) is 3.89. The Labute approximate surface area is 146 Å². The fraction of sp³-hybridized carbons (Fsp3) is 0.158. The molecule has 1 N–H and O–H groups in total. The van der Waals surface area contributed by atoms with Gasteiger partial charge in [0, 0.05) is 11.6 Å². The third-order valence-corrected chi connectivity index (χ3v) is 6.57. The van der Waals surface area contributed by atoms with Crippen LogP contribution in [-0.4, -0.2) is 24.1 Å². The maximum atomic E-state index is 12.9. The van der Waals surface area contributed by atoms with Gasteiger partial charge in [0.05, 0.1) is 16.1 Å². The van der Waals surface area contributed by atoms with Crippen molar-refractivity contribution in [2.45, 2.75) is 23.5 Å². The Morgan fingerprint density at radius 2 is 1.64 bits per heavy atom. The van der Waals surface area contributed by atoms with Gasteiger partial charge in [0.2, 0.25) is 5.91 Å². The minimum Gasteiger partial charge on any atom is -0.323 e. The van der Waals surface area contributed by atoms with Crippen LogP contribution in [0.4, 0.5) is 5.69 Å². The number of hydrogen-bond acceptors (Lipinski definition) is 4. The molecular formula is C19H18N2O3S. The molecule has 0 fully saturated rings. The van der Waals surface area contributed by atoms with Crippen molar-refractivity contribution >= 4 is 32.3 Å². The number of pyridine rings is 1. The van der Waals surface area contributed by atoms with Gasteiger partial charge in [-0.15, -0.1) is 0 Å². The average Bonchev–Trinajstić information content (AvgIpc) is 2.62. The number of hydrogen-bond donors (Lipinski definition) is 1. The summed E-state index contributed by atoms with van der Waals surface area (Å²) in [6, 6.07) is 17.0. The Morgan fingerprint density at radius 1 is 0.960 bits per heavy atom. The molecule has 0 aliphatic carbocycles. The molecule has 0 saturated carbocycles. The zero-order chi connectivity index (χ0) is 18.1. The zero-order valence-corrected chi connectivity index (χ0v) is 14.7. The highest BCUT2D eigenvalue weighted by Gasteiger charge is 2.42. The van der Waals surface area contributed by atoms with Gasteiger partial charge in [-0.1, -0.05) is 36.4 Å². The minimum absolute atomic E-state index is 0.117.